The van der Waals surface area contributed by atoms with Crippen LogP contribution < -0.4 is 14.8 Å². The number of rotatable bonds is 12. The van der Waals surface area contributed by atoms with Crippen LogP contribution in [-0.4, -0.2) is 49.5 Å². The maximum atomic E-state index is 13.7. The third kappa shape index (κ3) is 6.78. The Bertz CT molecular complexity index is 723. The van der Waals surface area contributed by atoms with E-state index in [2.05, 4.69) is 24.1 Å². The van der Waals surface area contributed by atoms with E-state index in [1.54, 1.807) is 19.2 Å². The highest BCUT2D eigenvalue weighted by Crippen LogP contribution is 2.28. The molecule has 0 heterocycles. The second-order valence-corrected chi connectivity index (χ2v) is 6.63. The molecule has 2 N–H and O–H groups in total. The number of hydrogen-bond acceptors (Lipinski definition) is 5. The van der Waals surface area contributed by atoms with Gasteiger partial charge in [0.05, 0.1) is 7.11 Å². The number of likely N-dealkylation sites (N-methyl/N-ethyl adjacent to an activating group) is 1. The van der Waals surface area contributed by atoms with E-state index < -0.39 is 6.10 Å². The van der Waals surface area contributed by atoms with Crippen LogP contribution in [0.1, 0.15) is 25.0 Å². The highest BCUT2D eigenvalue weighted by atomic mass is 19.1. The van der Waals surface area contributed by atoms with Crippen molar-refractivity contribution < 1.29 is 19.0 Å². The van der Waals surface area contributed by atoms with Crippen molar-refractivity contribution in [2.45, 2.75) is 33.0 Å². The number of ether oxygens (including phenoxy) is 2. The van der Waals surface area contributed by atoms with Crippen LogP contribution >= 0.6 is 0 Å². The van der Waals surface area contributed by atoms with Gasteiger partial charge >= 0.3 is 0 Å². The average Bonchev–Trinajstić information content (AvgIpc) is 2.72. The molecule has 2 aromatic rings. The van der Waals surface area contributed by atoms with Gasteiger partial charge in [-0.25, -0.2) is 4.39 Å². The van der Waals surface area contributed by atoms with Gasteiger partial charge in [0.25, 0.3) is 0 Å². The minimum Gasteiger partial charge on any atom is -0.493 e. The Balaban J connectivity index is 1.88. The van der Waals surface area contributed by atoms with Gasteiger partial charge in [-0.05, 0) is 36.9 Å². The molecule has 5 nitrogen and oxygen atoms in total. The number of nitrogens with zero attached hydrogens (tertiary/aromatic N) is 1. The summed E-state index contributed by atoms with van der Waals surface area (Å²) < 4.78 is 24.8. The minimum atomic E-state index is -0.563. The number of aliphatic hydroxyl groups excluding tert-OH is 1. The van der Waals surface area contributed by atoms with Crippen molar-refractivity contribution in [1.29, 1.82) is 0 Å². The van der Waals surface area contributed by atoms with Gasteiger partial charge in [0, 0.05) is 25.2 Å². The highest BCUT2D eigenvalue weighted by molar-refractivity contribution is 5.43. The van der Waals surface area contributed by atoms with Crippen LogP contribution in [0.3, 0.4) is 0 Å². The SMILES string of the molecule is CCN(CC)C[C@H](O)COc1ccc(CNCc2ccccc2F)cc1OC. The summed E-state index contributed by atoms with van der Waals surface area (Å²) in [6, 6.07) is 12.4. The van der Waals surface area contributed by atoms with Gasteiger partial charge in [-0.1, -0.05) is 38.1 Å². The van der Waals surface area contributed by atoms with Crippen LogP contribution in [0.2, 0.25) is 0 Å². The first-order valence-corrected chi connectivity index (χ1v) is 9.71. The quantitative estimate of drug-likeness (QED) is 0.583. The molecule has 1 atom stereocenters. The number of nitrogens with one attached hydrogen (secondary N) is 1. The Labute approximate surface area is 167 Å². The van der Waals surface area contributed by atoms with E-state index in [0.717, 1.165) is 18.7 Å². The van der Waals surface area contributed by atoms with Crippen LogP contribution in [-0.2, 0) is 13.1 Å². The van der Waals surface area contributed by atoms with E-state index in [1.807, 2.05) is 24.3 Å². The maximum Gasteiger partial charge on any atom is 0.161 e. The molecule has 154 valence electrons. The van der Waals surface area contributed by atoms with Gasteiger partial charge in [-0.2, -0.15) is 0 Å². The Morgan fingerprint density at radius 2 is 1.82 bits per heavy atom. The Hall–Kier alpha value is -2.15. The first-order valence-electron chi connectivity index (χ1n) is 9.71. The van der Waals surface area contributed by atoms with Crippen molar-refractivity contribution in [3.63, 3.8) is 0 Å². The summed E-state index contributed by atoms with van der Waals surface area (Å²) in [7, 11) is 1.59. The monoisotopic (exact) mass is 390 g/mol. The minimum absolute atomic E-state index is 0.206. The van der Waals surface area contributed by atoms with Gasteiger partial charge in [0.2, 0.25) is 0 Å². The maximum absolute atomic E-state index is 13.7. The molecule has 0 amide bonds. The van der Waals surface area contributed by atoms with Crippen molar-refractivity contribution >= 4 is 0 Å². The fourth-order valence-electron chi connectivity index (χ4n) is 2.94. The Kier molecular flexibility index (Phi) is 9.20. The summed E-state index contributed by atoms with van der Waals surface area (Å²) >= 11 is 0. The molecule has 0 bridgehead atoms. The van der Waals surface area contributed by atoms with Gasteiger partial charge < -0.3 is 24.8 Å². The van der Waals surface area contributed by atoms with Crippen molar-refractivity contribution in [2.24, 2.45) is 0 Å². The third-order valence-electron chi connectivity index (χ3n) is 4.63. The summed E-state index contributed by atoms with van der Waals surface area (Å²) in [5, 5.41) is 13.4. The topological polar surface area (TPSA) is 54.0 Å². The van der Waals surface area contributed by atoms with Crippen molar-refractivity contribution in [2.75, 3.05) is 33.4 Å². The molecular formula is C22H31FN2O3. The fourth-order valence-corrected chi connectivity index (χ4v) is 2.94. The number of hydrogen-bond donors (Lipinski definition) is 2. The first kappa shape index (κ1) is 22.1. The largest absolute Gasteiger partial charge is 0.493 e. The molecule has 0 saturated carbocycles. The predicted molar refractivity (Wildman–Crippen MR) is 109 cm³/mol. The molecule has 2 aromatic carbocycles. The second-order valence-electron chi connectivity index (χ2n) is 6.63. The van der Waals surface area contributed by atoms with E-state index in [1.165, 1.54) is 6.07 Å². The van der Waals surface area contributed by atoms with E-state index in [9.17, 15) is 9.50 Å². The van der Waals surface area contributed by atoms with Crippen LogP contribution in [0.5, 0.6) is 11.5 Å². The summed E-state index contributed by atoms with van der Waals surface area (Å²) in [6.45, 7) is 7.74. The van der Waals surface area contributed by atoms with Crippen molar-refractivity contribution in [1.82, 2.24) is 10.2 Å². The summed E-state index contributed by atoms with van der Waals surface area (Å²) in [6.07, 6.45) is -0.563. The normalized spacial score (nSPS) is 12.2. The zero-order valence-electron chi connectivity index (χ0n) is 17.0. The average molecular weight is 390 g/mol. The number of halogens is 1. The number of methoxy groups -OCH3 is 1. The van der Waals surface area contributed by atoms with Crippen LogP contribution in [0, 0.1) is 5.82 Å². The fraction of sp³-hybridized carbons (Fsp3) is 0.455. The zero-order valence-corrected chi connectivity index (χ0v) is 17.0. The lowest BCUT2D eigenvalue weighted by molar-refractivity contribution is 0.0705. The number of aliphatic hydroxyl groups is 1. The van der Waals surface area contributed by atoms with Crippen LogP contribution in [0.15, 0.2) is 42.5 Å². The standard InChI is InChI=1S/C22H31FN2O3/c1-4-25(5-2)15-19(26)16-28-21-11-10-17(12-22(21)27-3)13-24-14-18-8-6-7-9-20(18)23/h6-12,19,24,26H,4-5,13-16H2,1-3H3/t19-/m0/s1. The molecule has 0 unspecified atom stereocenters. The molecule has 0 aliphatic heterocycles. The third-order valence-corrected chi connectivity index (χ3v) is 4.63. The Morgan fingerprint density at radius 3 is 2.50 bits per heavy atom. The van der Waals surface area contributed by atoms with Gasteiger partial charge in [-0.3, -0.25) is 0 Å². The van der Waals surface area contributed by atoms with E-state index in [4.69, 9.17) is 9.47 Å². The smallest absolute Gasteiger partial charge is 0.161 e. The van der Waals surface area contributed by atoms with Crippen molar-refractivity contribution in [3.8, 4) is 11.5 Å². The molecule has 0 aliphatic rings. The molecule has 0 fully saturated rings. The lowest BCUT2D eigenvalue weighted by Crippen LogP contribution is -2.35. The molecule has 0 aliphatic carbocycles. The van der Waals surface area contributed by atoms with Crippen LogP contribution in [0.25, 0.3) is 0 Å². The first-order chi connectivity index (χ1) is 13.6. The lowest BCUT2D eigenvalue weighted by Gasteiger charge is -2.22. The lowest BCUT2D eigenvalue weighted by atomic mass is 10.1. The summed E-state index contributed by atoms with van der Waals surface area (Å²) in [5.41, 5.74) is 1.64. The van der Waals surface area contributed by atoms with E-state index >= 15 is 0 Å². The van der Waals surface area contributed by atoms with E-state index in [0.29, 0.717) is 36.7 Å². The summed E-state index contributed by atoms with van der Waals surface area (Å²) in [5.74, 6) is 0.999. The van der Waals surface area contributed by atoms with Crippen molar-refractivity contribution in [3.05, 3.63) is 59.4 Å². The Morgan fingerprint density at radius 1 is 1.07 bits per heavy atom. The van der Waals surface area contributed by atoms with Crippen LogP contribution in [0.4, 0.5) is 4.39 Å². The highest BCUT2D eigenvalue weighted by Gasteiger charge is 2.12. The van der Waals surface area contributed by atoms with Gasteiger partial charge in [0.1, 0.15) is 18.5 Å². The molecule has 2 rings (SSSR count). The second kappa shape index (κ2) is 11.6. The van der Waals surface area contributed by atoms with Gasteiger partial charge in [-0.15, -0.1) is 0 Å². The van der Waals surface area contributed by atoms with E-state index in [-0.39, 0.29) is 12.4 Å². The molecule has 0 spiro atoms. The molecule has 0 radical (unpaired) electrons. The molecule has 0 aromatic heterocycles. The molecule has 6 heteroatoms. The zero-order chi connectivity index (χ0) is 20.4. The predicted octanol–water partition coefficient (Wildman–Crippen LogP) is 3.21. The van der Waals surface area contributed by atoms with Gasteiger partial charge in [0.15, 0.2) is 11.5 Å². The molecular weight excluding hydrogens is 359 g/mol. The number of benzene rings is 2. The molecule has 28 heavy (non-hydrogen) atoms. The summed E-state index contributed by atoms with van der Waals surface area (Å²) in [4.78, 5) is 2.15. The molecule has 0 saturated heterocycles.